The Morgan fingerprint density at radius 2 is 2.19 bits per heavy atom. The van der Waals surface area contributed by atoms with Crippen LogP contribution in [0.3, 0.4) is 0 Å². The lowest BCUT2D eigenvalue weighted by molar-refractivity contribution is -0.132. The number of carbonyl (C=O) groups is 1. The first-order valence-electron chi connectivity index (χ1n) is 6.11. The predicted molar refractivity (Wildman–Crippen MR) is 67.0 cm³/mol. The van der Waals surface area contributed by atoms with Crippen LogP contribution in [-0.2, 0) is 4.79 Å². The molecule has 0 saturated carbocycles. The van der Waals surface area contributed by atoms with Gasteiger partial charge in [-0.15, -0.1) is 6.58 Å². The third-order valence-corrected chi connectivity index (χ3v) is 3.39. The number of carbonyl (C=O) groups excluding carboxylic acids is 1. The molecular formula is C13H24N2O. The summed E-state index contributed by atoms with van der Waals surface area (Å²) in [6.07, 6.45) is 5.62. The smallest absolute Gasteiger partial charge is 0.239 e. The highest BCUT2D eigenvalue weighted by Crippen LogP contribution is 2.29. The fourth-order valence-electron chi connectivity index (χ4n) is 2.16. The van der Waals surface area contributed by atoms with Crippen LogP contribution in [0.2, 0.25) is 0 Å². The number of nitrogens with zero attached hydrogens (tertiary/aromatic N) is 1. The van der Waals surface area contributed by atoms with E-state index >= 15 is 0 Å². The van der Waals surface area contributed by atoms with Crippen LogP contribution in [0.25, 0.3) is 0 Å². The van der Waals surface area contributed by atoms with Crippen LogP contribution in [0.15, 0.2) is 12.7 Å². The summed E-state index contributed by atoms with van der Waals surface area (Å²) in [5.74, 6) is 0.0811. The van der Waals surface area contributed by atoms with Crippen molar-refractivity contribution in [3.8, 4) is 0 Å². The molecule has 3 nitrogen and oxygen atoms in total. The van der Waals surface area contributed by atoms with Gasteiger partial charge in [-0.2, -0.15) is 0 Å². The van der Waals surface area contributed by atoms with Gasteiger partial charge >= 0.3 is 0 Å². The summed E-state index contributed by atoms with van der Waals surface area (Å²) in [5, 5.41) is 0. The minimum Gasteiger partial charge on any atom is -0.341 e. The molecule has 92 valence electrons. The van der Waals surface area contributed by atoms with Gasteiger partial charge in [0.1, 0.15) is 0 Å². The highest BCUT2D eigenvalue weighted by atomic mass is 16.2. The summed E-state index contributed by atoms with van der Waals surface area (Å²) in [4.78, 5) is 13.9. The van der Waals surface area contributed by atoms with Crippen molar-refractivity contribution in [1.82, 2.24) is 4.90 Å². The van der Waals surface area contributed by atoms with E-state index < -0.39 is 6.04 Å². The SMILES string of the molecule is C=CCC(N)C(=O)N1CCCC(C)(C)CC1. The summed E-state index contributed by atoms with van der Waals surface area (Å²) in [6.45, 7) is 9.85. The van der Waals surface area contributed by atoms with Crippen molar-refractivity contribution in [3.63, 3.8) is 0 Å². The molecule has 0 aromatic heterocycles. The van der Waals surface area contributed by atoms with Gasteiger partial charge in [0.25, 0.3) is 0 Å². The van der Waals surface area contributed by atoms with E-state index in [-0.39, 0.29) is 5.91 Å². The fraction of sp³-hybridized carbons (Fsp3) is 0.769. The van der Waals surface area contributed by atoms with Crippen LogP contribution in [0.4, 0.5) is 0 Å². The zero-order valence-corrected chi connectivity index (χ0v) is 10.5. The highest BCUT2D eigenvalue weighted by Gasteiger charge is 2.27. The molecule has 16 heavy (non-hydrogen) atoms. The van der Waals surface area contributed by atoms with E-state index in [1.54, 1.807) is 6.08 Å². The second-order valence-electron chi connectivity index (χ2n) is 5.47. The lowest BCUT2D eigenvalue weighted by atomic mass is 9.85. The Labute approximate surface area is 98.7 Å². The molecule has 1 heterocycles. The topological polar surface area (TPSA) is 46.3 Å². The van der Waals surface area contributed by atoms with Crippen molar-refractivity contribution in [2.75, 3.05) is 13.1 Å². The number of rotatable bonds is 3. The average Bonchev–Trinajstić information content (AvgIpc) is 2.39. The van der Waals surface area contributed by atoms with Gasteiger partial charge in [-0.3, -0.25) is 4.79 Å². The van der Waals surface area contributed by atoms with E-state index in [2.05, 4.69) is 20.4 Å². The molecule has 0 radical (unpaired) electrons. The number of likely N-dealkylation sites (tertiary alicyclic amines) is 1. The molecule has 1 amide bonds. The lowest BCUT2D eigenvalue weighted by Crippen LogP contribution is -2.44. The Hall–Kier alpha value is -0.830. The van der Waals surface area contributed by atoms with Gasteiger partial charge in [0.15, 0.2) is 0 Å². The third-order valence-electron chi connectivity index (χ3n) is 3.39. The molecular weight excluding hydrogens is 200 g/mol. The van der Waals surface area contributed by atoms with E-state index in [4.69, 9.17) is 5.73 Å². The van der Waals surface area contributed by atoms with E-state index in [0.717, 1.165) is 25.9 Å². The molecule has 1 fully saturated rings. The molecule has 1 atom stereocenters. The number of nitrogens with two attached hydrogens (primary N) is 1. The van der Waals surface area contributed by atoms with Crippen LogP contribution in [-0.4, -0.2) is 29.9 Å². The van der Waals surface area contributed by atoms with Crippen molar-refractivity contribution in [2.45, 2.75) is 45.6 Å². The van der Waals surface area contributed by atoms with Crippen LogP contribution >= 0.6 is 0 Å². The summed E-state index contributed by atoms with van der Waals surface area (Å²) < 4.78 is 0. The Kier molecular flexibility index (Phi) is 4.54. The third kappa shape index (κ3) is 3.63. The van der Waals surface area contributed by atoms with Crippen LogP contribution in [0.5, 0.6) is 0 Å². The van der Waals surface area contributed by atoms with Crippen molar-refractivity contribution < 1.29 is 4.79 Å². The fourth-order valence-corrected chi connectivity index (χ4v) is 2.16. The van der Waals surface area contributed by atoms with Gasteiger partial charge in [-0.05, 0) is 31.1 Å². The van der Waals surface area contributed by atoms with Crippen molar-refractivity contribution in [1.29, 1.82) is 0 Å². The van der Waals surface area contributed by atoms with Gasteiger partial charge in [0, 0.05) is 13.1 Å². The number of hydrogen-bond donors (Lipinski definition) is 1. The largest absolute Gasteiger partial charge is 0.341 e. The van der Waals surface area contributed by atoms with Gasteiger partial charge in [0.05, 0.1) is 6.04 Å². The Bertz CT molecular complexity index is 261. The van der Waals surface area contributed by atoms with Crippen molar-refractivity contribution in [2.24, 2.45) is 11.1 Å². The first-order valence-corrected chi connectivity index (χ1v) is 6.11. The molecule has 3 heteroatoms. The number of amides is 1. The molecule has 1 saturated heterocycles. The molecule has 2 N–H and O–H groups in total. The lowest BCUT2D eigenvalue weighted by Gasteiger charge is -2.25. The van der Waals surface area contributed by atoms with Crippen LogP contribution < -0.4 is 5.73 Å². The monoisotopic (exact) mass is 224 g/mol. The van der Waals surface area contributed by atoms with Crippen LogP contribution in [0, 0.1) is 5.41 Å². The maximum absolute atomic E-state index is 12.0. The molecule has 0 aromatic rings. The van der Waals surface area contributed by atoms with Gasteiger partial charge in [0.2, 0.25) is 5.91 Å². The Balaban J connectivity index is 2.54. The van der Waals surface area contributed by atoms with E-state index in [1.165, 1.54) is 6.42 Å². The molecule has 0 bridgehead atoms. The predicted octanol–water partition coefficient (Wildman–Crippen LogP) is 1.93. The first-order chi connectivity index (χ1) is 7.46. The summed E-state index contributed by atoms with van der Waals surface area (Å²) in [6, 6.07) is -0.404. The molecule has 1 aliphatic rings. The average molecular weight is 224 g/mol. The summed E-state index contributed by atoms with van der Waals surface area (Å²) in [7, 11) is 0. The van der Waals surface area contributed by atoms with E-state index in [1.807, 2.05) is 4.90 Å². The van der Waals surface area contributed by atoms with Gasteiger partial charge < -0.3 is 10.6 Å². The first kappa shape index (κ1) is 13.2. The minimum absolute atomic E-state index is 0.0811. The minimum atomic E-state index is -0.404. The highest BCUT2D eigenvalue weighted by molar-refractivity contribution is 5.81. The maximum atomic E-state index is 12.0. The van der Waals surface area contributed by atoms with Crippen LogP contribution in [0.1, 0.15) is 39.5 Å². The Morgan fingerprint density at radius 3 is 2.81 bits per heavy atom. The van der Waals surface area contributed by atoms with Gasteiger partial charge in [-0.25, -0.2) is 0 Å². The molecule has 0 spiro atoms. The molecule has 1 unspecified atom stereocenters. The molecule has 1 aliphatic heterocycles. The summed E-state index contributed by atoms with van der Waals surface area (Å²) in [5.41, 5.74) is 6.17. The molecule has 1 rings (SSSR count). The zero-order chi connectivity index (χ0) is 12.2. The maximum Gasteiger partial charge on any atom is 0.239 e. The zero-order valence-electron chi connectivity index (χ0n) is 10.5. The second-order valence-corrected chi connectivity index (χ2v) is 5.47. The van der Waals surface area contributed by atoms with Crippen molar-refractivity contribution >= 4 is 5.91 Å². The quantitative estimate of drug-likeness (QED) is 0.745. The Morgan fingerprint density at radius 1 is 1.50 bits per heavy atom. The van der Waals surface area contributed by atoms with Crippen molar-refractivity contribution in [3.05, 3.63) is 12.7 Å². The summed E-state index contributed by atoms with van der Waals surface area (Å²) >= 11 is 0. The molecule has 0 aliphatic carbocycles. The normalized spacial score (nSPS) is 22.3. The van der Waals surface area contributed by atoms with E-state index in [9.17, 15) is 4.79 Å². The number of hydrogen-bond acceptors (Lipinski definition) is 2. The molecule has 0 aromatic carbocycles. The van der Waals surface area contributed by atoms with E-state index in [0.29, 0.717) is 11.8 Å². The standard InChI is InChI=1S/C13H24N2O/c1-4-6-11(14)12(16)15-9-5-7-13(2,3)8-10-15/h4,11H,1,5-10,14H2,2-3H3. The second kappa shape index (κ2) is 5.48. The van der Waals surface area contributed by atoms with Gasteiger partial charge in [-0.1, -0.05) is 19.9 Å².